The summed E-state index contributed by atoms with van der Waals surface area (Å²) in [6.07, 6.45) is 0. The molecule has 0 amide bonds. The van der Waals surface area contributed by atoms with Crippen LogP contribution in [0.25, 0.3) is 4.96 Å². The van der Waals surface area contributed by atoms with Crippen molar-refractivity contribution in [3.05, 3.63) is 56.4 Å². The van der Waals surface area contributed by atoms with Crippen LogP contribution in [0.5, 0.6) is 5.75 Å². The summed E-state index contributed by atoms with van der Waals surface area (Å²) < 4.78 is 11.9. The molecule has 8 heteroatoms. The Morgan fingerprint density at radius 1 is 1.24 bits per heavy atom. The number of hydrogen-bond donors (Lipinski definition) is 0. The monoisotopic (exact) mass is 359 g/mol. The lowest BCUT2D eigenvalue weighted by atomic mass is 10.1. The number of carbonyl (C=O) groups is 1. The number of aryl methyl sites for hydroxylation is 3. The molecule has 0 atom stereocenters. The number of aromatic nitrogens is 3. The fraction of sp³-hybridized carbons (Fsp3) is 0.294. The van der Waals surface area contributed by atoms with Gasteiger partial charge in [-0.2, -0.15) is 9.61 Å². The van der Waals surface area contributed by atoms with Crippen molar-refractivity contribution in [3.8, 4) is 5.75 Å². The van der Waals surface area contributed by atoms with Crippen molar-refractivity contribution < 1.29 is 14.3 Å². The Morgan fingerprint density at radius 3 is 2.84 bits per heavy atom. The lowest BCUT2D eigenvalue weighted by Gasteiger charge is -2.09. The van der Waals surface area contributed by atoms with Gasteiger partial charge in [-0.3, -0.25) is 4.79 Å². The van der Waals surface area contributed by atoms with E-state index >= 15 is 0 Å². The topological polar surface area (TPSA) is 82.8 Å². The molecule has 0 aliphatic carbocycles. The maximum absolute atomic E-state index is 11.9. The van der Waals surface area contributed by atoms with E-state index in [1.165, 1.54) is 21.9 Å². The van der Waals surface area contributed by atoms with Gasteiger partial charge in [-0.05, 0) is 38.0 Å². The number of fused-ring (bicyclic) bond motifs is 1. The van der Waals surface area contributed by atoms with E-state index in [1.807, 2.05) is 32.0 Å². The van der Waals surface area contributed by atoms with Crippen LogP contribution in [0.3, 0.4) is 0 Å². The average Bonchev–Trinajstić information content (AvgIpc) is 2.97. The first-order valence-corrected chi connectivity index (χ1v) is 8.46. The highest BCUT2D eigenvalue weighted by Gasteiger charge is 2.11. The molecule has 0 bridgehead atoms. The molecule has 0 aliphatic rings. The van der Waals surface area contributed by atoms with Crippen molar-refractivity contribution in [2.45, 2.75) is 27.4 Å². The Morgan fingerprint density at radius 2 is 2.04 bits per heavy atom. The van der Waals surface area contributed by atoms with Crippen LogP contribution in [0.2, 0.25) is 0 Å². The molecule has 0 unspecified atom stereocenters. The van der Waals surface area contributed by atoms with E-state index in [2.05, 4.69) is 10.1 Å². The van der Waals surface area contributed by atoms with E-state index in [0.717, 1.165) is 11.1 Å². The zero-order valence-electron chi connectivity index (χ0n) is 14.1. The molecule has 0 aliphatic heterocycles. The van der Waals surface area contributed by atoms with Gasteiger partial charge in [0.25, 0.3) is 5.56 Å². The number of rotatable bonds is 5. The van der Waals surface area contributed by atoms with E-state index in [9.17, 15) is 9.59 Å². The third kappa shape index (κ3) is 4.03. The third-order valence-electron chi connectivity index (χ3n) is 3.46. The van der Waals surface area contributed by atoms with Crippen LogP contribution in [0, 0.1) is 20.8 Å². The molecule has 3 aromatic rings. The van der Waals surface area contributed by atoms with Gasteiger partial charge >= 0.3 is 5.97 Å². The second kappa shape index (κ2) is 7.02. The molecule has 0 radical (unpaired) electrons. The summed E-state index contributed by atoms with van der Waals surface area (Å²) in [4.78, 5) is 28.4. The molecule has 0 spiro atoms. The molecule has 25 heavy (non-hydrogen) atoms. The van der Waals surface area contributed by atoms with Crippen molar-refractivity contribution in [2.75, 3.05) is 6.61 Å². The van der Waals surface area contributed by atoms with E-state index < -0.39 is 5.97 Å². The number of carbonyl (C=O) groups excluding carboxylic acids is 1. The number of esters is 1. The van der Waals surface area contributed by atoms with Gasteiger partial charge in [0.05, 0.1) is 0 Å². The summed E-state index contributed by atoms with van der Waals surface area (Å²) in [6, 6.07) is 7.19. The summed E-state index contributed by atoms with van der Waals surface area (Å²) in [5.41, 5.74) is 2.37. The minimum Gasteiger partial charge on any atom is -0.482 e. The zero-order chi connectivity index (χ0) is 18.0. The smallest absolute Gasteiger partial charge is 0.344 e. The highest BCUT2D eigenvalue weighted by Crippen LogP contribution is 2.19. The first kappa shape index (κ1) is 17.1. The summed E-state index contributed by atoms with van der Waals surface area (Å²) in [5.74, 6) is 0.153. The largest absolute Gasteiger partial charge is 0.482 e. The minimum absolute atomic E-state index is 0.0263. The van der Waals surface area contributed by atoms with Gasteiger partial charge in [0.15, 0.2) is 11.6 Å². The van der Waals surface area contributed by atoms with Crippen LogP contribution >= 0.6 is 11.3 Å². The number of benzene rings is 1. The van der Waals surface area contributed by atoms with Gasteiger partial charge < -0.3 is 9.47 Å². The van der Waals surface area contributed by atoms with Gasteiger partial charge in [0.2, 0.25) is 4.96 Å². The van der Waals surface area contributed by atoms with E-state index in [-0.39, 0.29) is 18.8 Å². The molecule has 0 fully saturated rings. The van der Waals surface area contributed by atoms with E-state index in [4.69, 9.17) is 9.47 Å². The van der Waals surface area contributed by atoms with Crippen LogP contribution in [-0.2, 0) is 16.1 Å². The summed E-state index contributed by atoms with van der Waals surface area (Å²) >= 11 is 1.21. The average molecular weight is 359 g/mol. The van der Waals surface area contributed by atoms with Crippen LogP contribution < -0.4 is 10.3 Å². The normalized spacial score (nSPS) is 10.8. The van der Waals surface area contributed by atoms with Gasteiger partial charge in [-0.25, -0.2) is 9.78 Å². The van der Waals surface area contributed by atoms with Gasteiger partial charge in [0.1, 0.15) is 12.4 Å². The first-order valence-electron chi connectivity index (χ1n) is 7.64. The molecule has 7 nitrogen and oxygen atoms in total. The third-order valence-corrected chi connectivity index (χ3v) is 4.34. The van der Waals surface area contributed by atoms with Gasteiger partial charge in [-0.15, -0.1) is 0 Å². The van der Waals surface area contributed by atoms with Crippen molar-refractivity contribution in [3.63, 3.8) is 0 Å². The predicted molar refractivity (Wildman–Crippen MR) is 93.1 cm³/mol. The molecule has 0 saturated heterocycles. The summed E-state index contributed by atoms with van der Waals surface area (Å²) in [5, 5.41) is 4.61. The van der Waals surface area contributed by atoms with Crippen LogP contribution in [-0.4, -0.2) is 27.2 Å². The molecule has 3 rings (SSSR count). The fourth-order valence-corrected chi connectivity index (χ4v) is 3.06. The van der Waals surface area contributed by atoms with E-state index in [0.29, 0.717) is 21.4 Å². The molecular weight excluding hydrogens is 342 g/mol. The summed E-state index contributed by atoms with van der Waals surface area (Å²) in [7, 11) is 0. The minimum atomic E-state index is -0.503. The lowest BCUT2D eigenvalue weighted by molar-refractivity contribution is -0.147. The van der Waals surface area contributed by atoms with Crippen LogP contribution in [0.4, 0.5) is 0 Å². The van der Waals surface area contributed by atoms with Crippen molar-refractivity contribution in [1.29, 1.82) is 0 Å². The quantitative estimate of drug-likeness (QED) is 0.650. The van der Waals surface area contributed by atoms with Crippen molar-refractivity contribution in [1.82, 2.24) is 14.6 Å². The van der Waals surface area contributed by atoms with Crippen molar-refractivity contribution >= 4 is 22.3 Å². The Bertz CT molecular complexity index is 993. The fourth-order valence-electron chi connectivity index (χ4n) is 2.20. The van der Waals surface area contributed by atoms with Crippen LogP contribution in [0.1, 0.15) is 21.8 Å². The van der Waals surface area contributed by atoms with Crippen molar-refractivity contribution in [2.24, 2.45) is 0 Å². The second-order valence-electron chi connectivity index (χ2n) is 5.64. The second-order valence-corrected chi connectivity index (χ2v) is 6.68. The standard InChI is InChI=1S/C17H17N3O4S/c1-10-4-5-11(2)13(6-10)23-9-16(22)24-8-14-19-20-15(21)7-12(3)18-17(20)25-14/h4-7H,8-9H2,1-3H3. The number of nitrogens with zero attached hydrogens (tertiary/aromatic N) is 3. The maximum atomic E-state index is 11.9. The molecule has 2 aromatic heterocycles. The van der Waals surface area contributed by atoms with Gasteiger partial charge in [0, 0.05) is 11.8 Å². The molecule has 0 saturated carbocycles. The van der Waals surface area contributed by atoms with Gasteiger partial charge in [-0.1, -0.05) is 23.5 Å². The zero-order valence-corrected chi connectivity index (χ0v) is 14.9. The Labute approximate surface area is 147 Å². The molecular formula is C17H17N3O4S. The lowest BCUT2D eigenvalue weighted by Crippen LogP contribution is -2.16. The molecule has 0 N–H and O–H groups in total. The Balaban J connectivity index is 1.60. The Hall–Kier alpha value is -2.74. The van der Waals surface area contributed by atoms with E-state index in [1.54, 1.807) is 6.92 Å². The molecule has 2 heterocycles. The molecule has 1 aromatic carbocycles. The highest BCUT2D eigenvalue weighted by molar-refractivity contribution is 7.16. The number of hydrogen-bond acceptors (Lipinski definition) is 7. The SMILES string of the molecule is Cc1ccc(C)c(OCC(=O)OCc2nn3c(=O)cc(C)nc3s2)c1. The molecule has 130 valence electrons. The number of ether oxygens (including phenoxy) is 2. The summed E-state index contributed by atoms with van der Waals surface area (Å²) in [6.45, 7) is 5.39. The Kier molecular flexibility index (Phi) is 4.80. The predicted octanol–water partition coefficient (Wildman–Crippen LogP) is 2.20. The maximum Gasteiger partial charge on any atom is 0.344 e. The highest BCUT2D eigenvalue weighted by atomic mass is 32.1. The first-order chi connectivity index (χ1) is 11.9. The van der Waals surface area contributed by atoms with Crippen LogP contribution in [0.15, 0.2) is 29.1 Å².